The van der Waals surface area contributed by atoms with Crippen molar-refractivity contribution in [2.24, 2.45) is 5.16 Å². The van der Waals surface area contributed by atoms with Crippen LogP contribution in [0, 0.1) is 5.82 Å². The Bertz CT molecular complexity index is 723. The second-order valence-corrected chi connectivity index (χ2v) is 5.52. The van der Waals surface area contributed by atoms with E-state index in [0.717, 1.165) is 0 Å². The first-order valence-corrected chi connectivity index (χ1v) is 7.60. The van der Waals surface area contributed by atoms with Gasteiger partial charge in [0.1, 0.15) is 5.82 Å². The largest absolute Gasteiger partial charge is 0.396 e. The van der Waals surface area contributed by atoms with Crippen molar-refractivity contribution in [2.75, 3.05) is 30.1 Å². The predicted octanol–water partition coefficient (Wildman–Crippen LogP) is 1.92. The van der Waals surface area contributed by atoms with Gasteiger partial charge in [0, 0.05) is 18.8 Å². The van der Waals surface area contributed by atoms with Gasteiger partial charge in [0.15, 0.2) is 12.4 Å². The maximum absolute atomic E-state index is 13.4. The molecule has 0 saturated carbocycles. The molecule has 1 aliphatic rings. The minimum Gasteiger partial charge on any atom is -0.396 e. The van der Waals surface area contributed by atoms with Gasteiger partial charge in [-0.05, 0) is 50.9 Å². The van der Waals surface area contributed by atoms with Gasteiger partial charge in [-0.15, -0.1) is 0 Å². The van der Waals surface area contributed by atoms with Crippen molar-refractivity contribution < 1.29 is 19.0 Å². The number of oxime groups is 1. The van der Waals surface area contributed by atoms with E-state index in [-0.39, 0.29) is 19.2 Å². The van der Waals surface area contributed by atoms with Gasteiger partial charge in [-0.25, -0.2) is 9.02 Å². The summed E-state index contributed by atoms with van der Waals surface area (Å²) >= 11 is 3.15. The van der Waals surface area contributed by atoms with Crippen LogP contribution < -0.4 is 10.2 Å². The lowest BCUT2D eigenvalue weighted by atomic mass is 10.2. The van der Waals surface area contributed by atoms with Crippen LogP contribution in [-0.4, -0.2) is 41.1 Å². The molecule has 1 aromatic carbocycles. The number of benzene rings is 1. The van der Waals surface area contributed by atoms with Crippen LogP contribution in [0.3, 0.4) is 0 Å². The van der Waals surface area contributed by atoms with E-state index < -0.39 is 0 Å². The highest BCUT2D eigenvalue weighted by Crippen LogP contribution is 2.27. The Labute approximate surface area is 139 Å². The third-order valence-electron chi connectivity index (χ3n) is 3.14. The van der Waals surface area contributed by atoms with Crippen molar-refractivity contribution in [1.82, 2.24) is 10.3 Å². The molecule has 0 bridgehead atoms. The molecule has 0 unspecified atom stereocenters. The van der Waals surface area contributed by atoms with Gasteiger partial charge >= 0.3 is 0 Å². The molecule has 1 aliphatic heterocycles. The molecule has 23 heavy (non-hydrogen) atoms. The average molecular weight is 386 g/mol. The van der Waals surface area contributed by atoms with E-state index in [9.17, 15) is 4.39 Å². The van der Waals surface area contributed by atoms with Crippen LogP contribution in [0.15, 0.2) is 32.5 Å². The van der Waals surface area contributed by atoms with Crippen molar-refractivity contribution in [1.29, 1.82) is 0 Å². The molecular weight excluding hydrogens is 373 g/mol. The zero-order valence-corrected chi connectivity index (χ0v) is 13.5. The number of nitrogens with one attached hydrogen (secondary N) is 1. The second-order valence-electron chi connectivity index (χ2n) is 4.66. The summed E-state index contributed by atoms with van der Waals surface area (Å²) in [6, 6.07) is 4.57. The van der Waals surface area contributed by atoms with Crippen molar-refractivity contribution in [3.8, 4) is 0 Å². The Morgan fingerprint density at radius 2 is 2.26 bits per heavy atom. The molecule has 3 rings (SSSR count). The lowest BCUT2D eigenvalue weighted by Crippen LogP contribution is -2.29. The first-order valence-electron chi connectivity index (χ1n) is 6.81. The number of rotatable bonds is 6. The quantitative estimate of drug-likeness (QED) is 0.733. The van der Waals surface area contributed by atoms with Gasteiger partial charge < -0.3 is 15.3 Å². The monoisotopic (exact) mass is 385 g/mol. The van der Waals surface area contributed by atoms with E-state index in [1.54, 1.807) is 17.0 Å². The molecule has 122 valence electrons. The minimum atomic E-state index is -0.359. The summed E-state index contributed by atoms with van der Waals surface area (Å²) in [5, 5.41) is 23.4. The molecule has 2 heterocycles. The van der Waals surface area contributed by atoms with Crippen molar-refractivity contribution in [3.05, 3.63) is 34.2 Å². The van der Waals surface area contributed by atoms with Gasteiger partial charge in [0.05, 0.1) is 4.47 Å². The summed E-state index contributed by atoms with van der Waals surface area (Å²) in [5.74, 6) is 0.437. The summed E-state index contributed by atoms with van der Waals surface area (Å²) in [4.78, 5) is 6.84. The summed E-state index contributed by atoms with van der Waals surface area (Å²) in [7, 11) is 0. The lowest BCUT2D eigenvalue weighted by Gasteiger charge is -2.17. The highest BCUT2D eigenvalue weighted by molar-refractivity contribution is 9.10. The maximum Gasteiger partial charge on any atom is 0.208 e. The minimum absolute atomic E-state index is 0.0629. The van der Waals surface area contributed by atoms with E-state index in [2.05, 4.69) is 36.7 Å². The number of nitrogens with zero attached hydrogens (tertiary/aromatic N) is 4. The molecule has 0 aliphatic carbocycles. The summed E-state index contributed by atoms with van der Waals surface area (Å²) in [6.45, 7) is 0.734. The Kier molecular flexibility index (Phi) is 4.72. The summed E-state index contributed by atoms with van der Waals surface area (Å²) in [5.41, 5.74) is 1.06. The van der Waals surface area contributed by atoms with Crippen LogP contribution >= 0.6 is 15.9 Å². The number of anilines is 2. The fourth-order valence-electron chi connectivity index (χ4n) is 2.02. The predicted molar refractivity (Wildman–Crippen MR) is 83.6 cm³/mol. The number of halogens is 2. The topological polar surface area (TPSA) is 96.0 Å². The van der Waals surface area contributed by atoms with Crippen molar-refractivity contribution >= 4 is 33.3 Å². The Morgan fingerprint density at radius 3 is 3.04 bits per heavy atom. The zero-order valence-electron chi connectivity index (χ0n) is 11.9. The number of aromatic nitrogens is 2. The van der Waals surface area contributed by atoms with E-state index in [0.29, 0.717) is 40.5 Å². The van der Waals surface area contributed by atoms with Crippen LogP contribution in [0.1, 0.15) is 12.1 Å². The van der Waals surface area contributed by atoms with E-state index in [4.69, 9.17) is 14.6 Å². The molecule has 0 fully saturated rings. The van der Waals surface area contributed by atoms with Gasteiger partial charge in [0.25, 0.3) is 0 Å². The van der Waals surface area contributed by atoms with Crippen molar-refractivity contribution in [3.63, 3.8) is 0 Å². The molecule has 0 amide bonds. The fourth-order valence-corrected chi connectivity index (χ4v) is 2.38. The maximum atomic E-state index is 13.4. The smallest absolute Gasteiger partial charge is 0.208 e. The van der Waals surface area contributed by atoms with Crippen LogP contribution in [-0.2, 0) is 4.84 Å². The molecule has 0 atom stereocenters. The first-order chi connectivity index (χ1) is 11.2. The molecule has 1 aromatic heterocycles. The molecule has 10 heteroatoms. The molecule has 0 spiro atoms. The van der Waals surface area contributed by atoms with Gasteiger partial charge in [-0.3, -0.25) is 4.90 Å². The van der Waals surface area contributed by atoms with Gasteiger partial charge in [0.2, 0.25) is 11.7 Å². The SMILES string of the molecule is OCCCNc1nonc1C1=NOCN1c1ccc(F)c(Br)c1. The third-order valence-corrected chi connectivity index (χ3v) is 3.74. The number of hydrogen-bond acceptors (Lipinski definition) is 8. The molecular formula is C13H13BrFN5O3. The Balaban J connectivity index is 1.84. The van der Waals surface area contributed by atoms with E-state index in [1.807, 2.05) is 0 Å². The van der Waals surface area contributed by atoms with Crippen LogP contribution in [0.25, 0.3) is 0 Å². The number of amidine groups is 1. The van der Waals surface area contributed by atoms with E-state index >= 15 is 0 Å². The summed E-state index contributed by atoms with van der Waals surface area (Å²) in [6.07, 6.45) is 0.559. The Hall–Kier alpha value is -2.20. The number of hydrogen-bond donors (Lipinski definition) is 2. The molecule has 2 aromatic rings. The summed E-state index contributed by atoms with van der Waals surface area (Å²) < 4.78 is 18.5. The Morgan fingerprint density at radius 1 is 1.39 bits per heavy atom. The normalized spacial score (nSPS) is 13.9. The van der Waals surface area contributed by atoms with Gasteiger partial charge in [-0.2, -0.15) is 0 Å². The van der Waals surface area contributed by atoms with Crippen LogP contribution in [0.2, 0.25) is 0 Å². The van der Waals surface area contributed by atoms with Crippen molar-refractivity contribution in [2.45, 2.75) is 6.42 Å². The zero-order chi connectivity index (χ0) is 16.2. The lowest BCUT2D eigenvalue weighted by molar-refractivity contribution is 0.174. The van der Waals surface area contributed by atoms with Crippen LogP contribution in [0.5, 0.6) is 0 Å². The second kappa shape index (κ2) is 6.92. The standard InChI is InChI=1S/C13H13BrFN5O3/c14-9-6-8(2-3-10(9)15)20-7-22-19-13(20)11-12(18-23-17-11)16-4-1-5-21/h2-3,6,21H,1,4-5,7H2,(H,16,18). The van der Waals surface area contributed by atoms with E-state index in [1.165, 1.54) is 6.07 Å². The van der Waals surface area contributed by atoms with Crippen LogP contribution in [0.4, 0.5) is 15.9 Å². The first kappa shape index (κ1) is 15.7. The van der Waals surface area contributed by atoms with Gasteiger partial charge in [-0.1, -0.05) is 5.16 Å². The molecule has 0 saturated heterocycles. The molecule has 2 N–H and O–H groups in total. The third kappa shape index (κ3) is 3.27. The number of aliphatic hydroxyl groups excluding tert-OH is 1. The number of aliphatic hydroxyl groups is 1. The fraction of sp³-hybridized carbons (Fsp3) is 0.308. The average Bonchev–Trinajstić information content (AvgIpc) is 3.18. The molecule has 8 nitrogen and oxygen atoms in total. The highest BCUT2D eigenvalue weighted by atomic mass is 79.9. The molecule has 0 radical (unpaired) electrons. The highest BCUT2D eigenvalue weighted by Gasteiger charge is 2.28.